The number of halogens is 1. The topological polar surface area (TPSA) is 50.7 Å². The minimum absolute atomic E-state index is 0.0782. The first kappa shape index (κ1) is 18.5. The molecule has 0 saturated heterocycles. The van der Waals surface area contributed by atoms with Crippen LogP contribution in [0.1, 0.15) is 42.7 Å². The summed E-state index contributed by atoms with van der Waals surface area (Å²) in [5.74, 6) is 0.770. The highest BCUT2D eigenvalue weighted by molar-refractivity contribution is 7.18. The highest BCUT2D eigenvalue weighted by atomic mass is 35.5. The maximum atomic E-state index is 12.0. The van der Waals surface area contributed by atoms with Crippen LogP contribution in [0.15, 0.2) is 35.4 Å². The van der Waals surface area contributed by atoms with Gasteiger partial charge < -0.3 is 4.74 Å². The van der Waals surface area contributed by atoms with Gasteiger partial charge in [-0.3, -0.25) is 4.79 Å². The largest absolute Gasteiger partial charge is 0.483 e. The molecule has 0 spiro atoms. The number of carbonyl (C=O) groups excluding carboxylic acids is 1. The lowest BCUT2D eigenvalue weighted by Crippen LogP contribution is -2.25. The predicted molar refractivity (Wildman–Crippen MR) is 100 cm³/mol. The second-order valence-electron chi connectivity index (χ2n) is 5.82. The normalized spacial score (nSPS) is 11.7. The molecule has 1 N–H and O–H groups in total. The van der Waals surface area contributed by atoms with E-state index >= 15 is 0 Å². The van der Waals surface area contributed by atoms with Crippen LogP contribution in [0.3, 0.4) is 0 Å². The van der Waals surface area contributed by atoms with Crippen molar-refractivity contribution < 1.29 is 9.53 Å². The van der Waals surface area contributed by atoms with E-state index in [1.165, 1.54) is 11.3 Å². The van der Waals surface area contributed by atoms with E-state index in [0.717, 1.165) is 21.8 Å². The van der Waals surface area contributed by atoms with Crippen molar-refractivity contribution in [3.05, 3.63) is 50.7 Å². The Morgan fingerprint density at radius 1 is 1.33 bits per heavy atom. The van der Waals surface area contributed by atoms with Crippen molar-refractivity contribution >= 4 is 34.6 Å². The fourth-order valence-electron chi connectivity index (χ4n) is 2.13. The summed E-state index contributed by atoms with van der Waals surface area (Å²) in [4.78, 5) is 12.9. The van der Waals surface area contributed by atoms with E-state index in [1.807, 2.05) is 38.1 Å². The molecular formula is C18H21ClN2O2S. The Morgan fingerprint density at radius 2 is 2.08 bits per heavy atom. The Morgan fingerprint density at radius 3 is 2.71 bits per heavy atom. The van der Waals surface area contributed by atoms with Crippen LogP contribution in [0.25, 0.3) is 0 Å². The van der Waals surface area contributed by atoms with Crippen LogP contribution in [-0.4, -0.2) is 18.2 Å². The van der Waals surface area contributed by atoms with E-state index < -0.39 is 0 Å². The molecule has 1 aromatic carbocycles. The fourth-order valence-corrected chi connectivity index (χ4v) is 3.12. The van der Waals surface area contributed by atoms with Crippen molar-refractivity contribution in [2.45, 2.75) is 33.6 Å². The molecule has 128 valence electrons. The third kappa shape index (κ3) is 5.08. The molecule has 1 heterocycles. The van der Waals surface area contributed by atoms with Gasteiger partial charge in [0.2, 0.25) is 0 Å². The highest BCUT2D eigenvalue weighted by Gasteiger charge is 2.10. The van der Waals surface area contributed by atoms with Crippen LogP contribution >= 0.6 is 22.9 Å². The third-order valence-electron chi connectivity index (χ3n) is 3.43. The molecule has 0 aliphatic rings. The molecule has 0 aliphatic heterocycles. The second-order valence-corrected chi connectivity index (χ2v) is 7.54. The van der Waals surface area contributed by atoms with Gasteiger partial charge in [-0.2, -0.15) is 5.10 Å². The van der Waals surface area contributed by atoms with Crippen LogP contribution in [0, 0.1) is 6.92 Å². The van der Waals surface area contributed by atoms with Gasteiger partial charge in [-0.1, -0.05) is 37.6 Å². The van der Waals surface area contributed by atoms with Crippen molar-refractivity contribution in [3.63, 3.8) is 0 Å². The van der Waals surface area contributed by atoms with Gasteiger partial charge in [-0.15, -0.1) is 11.3 Å². The zero-order chi connectivity index (χ0) is 17.7. The van der Waals surface area contributed by atoms with Crippen molar-refractivity contribution in [1.29, 1.82) is 0 Å². The van der Waals surface area contributed by atoms with Gasteiger partial charge in [0.25, 0.3) is 5.91 Å². The lowest BCUT2D eigenvalue weighted by Gasteiger charge is -2.14. The third-order valence-corrected chi connectivity index (χ3v) is 4.77. The number of hydrazone groups is 1. The monoisotopic (exact) mass is 364 g/mol. The summed E-state index contributed by atoms with van der Waals surface area (Å²) in [7, 11) is 0. The number of nitrogens with zero attached hydrogens (tertiary/aromatic N) is 1. The van der Waals surface area contributed by atoms with E-state index in [9.17, 15) is 4.79 Å². The number of amides is 1. The second kappa shape index (κ2) is 8.31. The molecule has 0 saturated carbocycles. The SMILES string of the molecule is C/C(=N/NC(=O)COc1cc(C)ccc1C(C)C)c1ccc(Cl)s1. The maximum absolute atomic E-state index is 12.0. The minimum atomic E-state index is -0.298. The Hall–Kier alpha value is -1.85. The first-order valence-electron chi connectivity index (χ1n) is 7.69. The molecule has 1 amide bonds. The van der Waals surface area contributed by atoms with Crippen molar-refractivity contribution in [2.75, 3.05) is 6.61 Å². The van der Waals surface area contributed by atoms with Gasteiger partial charge in [0, 0.05) is 0 Å². The first-order valence-corrected chi connectivity index (χ1v) is 8.88. The van der Waals surface area contributed by atoms with Crippen LogP contribution in [0.4, 0.5) is 0 Å². The predicted octanol–water partition coefficient (Wildman–Crippen LogP) is 4.75. The van der Waals surface area contributed by atoms with E-state index in [2.05, 4.69) is 24.4 Å². The number of nitrogens with one attached hydrogen (secondary N) is 1. The quantitative estimate of drug-likeness (QED) is 0.593. The van der Waals surface area contributed by atoms with Gasteiger partial charge in [0.05, 0.1) is 14.9 Å². The molecule has 0 fully saturated rings. The van der Waals surface area contributed by atoms with Gasteiger partial charge in [0.1, 0.15) is 5.75 Å². The van der Waals surface area contributed by atoms with E-state index in [-0.39, 0.29) is 12.5 Å². The van der Waals surface area contributed by atoms with E-state index in [4.69, 9.17) is 16.3 Å². The number of hydrogen-bond acceptors (Lipinski definition) is 4. The molecule has 0 atom stereocenters. The molecule has 24 heavy (non-hydrogen) atoms. The van der Waals surface area contributed by atoms with Crippen LogP contribution in [-0.2, 0) is 4.79 Å². The van der Waals surface area contributed by atoms with Crippen LogP contribution in [0.2, 0.25) is 4.34 Å². The maximum Gasteiger partial charge on any atom is 0.277 e. The molecule has 2 rings (SSSR count). The number of thiophene rings is 1. The summed E-state index contributed by atoms with van der Waals surface area (Å²) in [6.07, 6.45) is 0. The molecule has 4 nitrogen and oxygen atoms in total. The van der Waals surface area contributed by atoms with Crippen molar-refractivity contribution in [2.24, 2.45) is 5.10 Å². The molecular weight excluding hydrogens is 344 g/mol. The molecule has 0 bridgehead atoms. The highest BCUT2D eigenvalue weighted by Crippen LogP contribution is 2.27. The van der Waals surface area contributed by atoms with Crippen molar-refractivity contribution in [3.8, 4) is 5.75 Å². The zero-order valence-electron chi connectivity index (χ0n) is 14.2. The Labute approximate surface area is 151 Å². The standard InChI is InChI=1S/C18H21ClN2O2S/c1-11(2)14-6-5-12(3)9-15(14)23-10-18(22)21-20-13(4)16-7-8-17(19)24-16/h5-9,11H,10H2,1-4H3,(H,21,22)/b20-13-. The summed E-state index contributed by atoms with van der Waals surface area (Å²) < 4.78 is 6.37. The molecule has 0 radical (unpaired) electrons. The van der Waals surface area contributed by atoms with Crippen molar-refractivity contribution in [1.82, 2.24) is 5.43 Å². The first-order chi connectivity index (χ1) is 11.4. The van der Waals surface area contributed by atoms with Crippen LogP contribution in [0.5, 0.6) is 5.75 Å². The molecule has 6 heteroatoms. The minimum Gasteiger partial charge on any atom is -0.483 e. The summed E-state index contributed by atoms with van der Waals surface area (Å²) in [6, 6.07) is 9.70. The van der Waals surface area contributed by atoms with Gasteiger partial charge >= 0.3 is 0 Å². The number of aryl methyl sites for hydroxylation is 1. The fraction of sp³-hybridized carbons (Fsp3) is 0.333. The van der Waals surface area contributed by atoms with E-state index in [1.54, 1.807) is 6.07 Å². The lowest BCUT2D eigenvalue weighted by molar-refractivity contribution is -0.123. The number of hydrogen-bond donors (Lipinski definition) is 1. The summed E-state index contributed by atoms with van der Waals surface area (Å²) in [5, 5.41) is 4.08. The average Bonchev–Trinajstić information content (AvgIpc) is 2.97. The number of rotatable bonds is 6. The number of benzene rings is 1. The molecule has 1 aromatic heterocycles. The Kier molecular flexibility index (Phi) is 6.40. The van der Waals surface area contributed by atoms with Gasteiger partial charge in [-0.25, -0.2) is 5.43 Å². The summed E-state index contributed by atoms with van der Waals surface area (Å²) >= 11 is 7.31. The summed E-state index contributed by atoms with van der Waals surface area (Å²) in [6.45, 7) is 7.93. The number of ether oxygens (including phenoxy) is 1. The smallest absolute Gasteiger partial charge is 0.277 e. The van der Waals surface area contributed by atoms with Gasteiger partial charge in [-0.05, 0) is 49.1 Å². The number of carbonyl (C=O) groups is 1. The Bertz CT molecular complexity index is 753. The molecule has 0 aliphatic carbocycles. The lowest BCUT2D eigenvalue weighted by atomic mass is 10.0. The zero-order valence-corrected chi connectivity index (χ0v) is 15.8. The Balaban J connectivity index is 1.95. The average molecular weight is 365 g/mol. The van der Waals surface area contributed by atoms with Crippen LogP contribution < -0.4 is 10.2 Å². The van der Waals surface area contributed by atoms with E-state index in [0.29, 0.717) is 16.0 Å². The van der Waals surface area contributed by atoms with Gasteiger partial charge in [0.15, 0.2) is 6.61 Å². The molecule has 2 aromatic rings. The molecule has 0 unspecified atom stereocenters. The summed E-state index contributed by atoms with van der Waals surface area (Å²) in [5.41, 5.74) is 5.40.